The number of nitrogens with zero attached hydrogens (tertiary/aromatic N) is 6. The van der Waals surface area contributed by atoms with Crippen molar-refractivity contribution in [2.24, 2.45) is 0 Å². The first-order valence-corrected chi connectivity index (χ1v) is 24.4. The van der Waals surface area contributed by atoms with Crippen LogP contribution in [0.1, 0.15) is 76.4 Å². The lowest BCUT2D eigenvalue weighted by Gasteiger charge is -2.09. The number of pyridine rings is 2. The molecule has 0 aromatic carbocycles. The average molecular weight is 899 g/mol. The molecule has 0 radical (unpaired) electrons. The summed E-state index contributed by atoms with van der Waals surface area (Å²) in [5, 5.41) is 2.37. The number of aromatic amines is 4. The molecule has 0 fully saturated rings. The average Bonchev–Trinajstić information content (AvgIpc) is 4.02. The Morgan fingerprint density at radius 2 is 0.984 bits per heavy atom. The molecule has 2 aliphatic carbocycles. The predicted molar refractivity (Wildman–Crippen MR) is 251 cm³/mol. The SMILES string of the molecule is Cc1nc(-c2nc3sc4c(c3c(=O)[nH]2)CCCS4)[nH]c1C.O=c1[nH]c(-c2ccccn2)nc2sc3c(c12)CCCC3.O=c1[nH]c(-c2ccccn2)nc2sc3c(c12)CCCCC3. The van der Waals surface area contributed by atoms with Gasteiger partial charge in [-0.15, -0.1) is 45.8 Å². The van der Waals surface area contributed by atoms with Crippen molar-refractivity contribution >= 4 is 76.4 Å². The van der Waals surface area contributed by atoms with Crippen LogP contribution >= 0.6 is 45.8 Å². The molecule has 3 aliphatic rings. The van der Waals surface area contributed by atoms with Gasteiger partial charge in [0.1, 0.15) is 25.9 Å². The minimum atomic E-state index is -0.0540. The lowest BCUT2D eigenvalue weighted by Crippen LogP contribution is -2.11. The lowest BCUT2D eigenvalue weighted by molar-refractivity contribution is 0.700. The number of nitrogens with one attached hydrogen (secondary N) is 4. The normalized spacial score (nSPS) is 14.6. The summed E-state index contributed by atoms with van der Waals surface area (Å²) in [5.41, 5.74) is 6.85. The Morgan fingerprint density at radius 3 is 1.55 bits per heavy atom. The van der Waals surface area contributed by atoms with E-state index in [0.29, 0.717) is 34.7 Å². The number of rotatable bonds is 3. The lowest BCUT2D eigenvalue weighted by atomic mass is 9.97. The van der Waals surface area contributed by atoms with Crippen LogP contribution in [0.25, 0.3) is 65.3 Å². The zero-order valence-corrected chi connectivity index (χ0v) is 37.4. The Labute approximate surface area is 371 Å². The van der Waals surface area contributed by atoms with Gasteiger partial charge in [0.2, 0.25) is 0 Å². The van der Waals surface area contributed by atoms with Gasteiger partial charge in [-0.3, -0.25) is 24.4 Å². The molecule has 0 saturated carbocycles. The Morgan fingerprint density at radius 1 is 0.500 bits per heavy atom. The van der Waals surface area contributed by atoms with Crippen molar-refractivity contribution in [3.05, 3.63) is 118 Å². The van der Waals surface area contributed by atoms with Crippen molar-refractivity contribution in [1.82, 2.24) is 49.8 Å². The van der Waals surface area contributed by atoms with E-state index in [-0.39, 0.29) is 16.7 Å². The third kappa shape index (κ3) is 7.86. The van der Waals surface area contributed by atoms with E-state index in [0.717, 1.165) is 86.3 Å². The fourth-order valence-corrected chi connectivity index (χ4v) is 13.4. The molecule has 9 aromatic rings. The zero-order valence-electron chi connectivity index (χ0n) is 34.1. The van der Waals surface area contributed by atoms with Crippen LogP contribution in [0.15, 0.2) is 67.4 Å². The first-order chi connectivity index (χ1) is 30.3. The molecule has 0 amide bonds. The minimum Gasteiger partial charge on any atom is -0.339 e. The van der Waals surface area contributed by atoms with Crippen LogP contribution in [0.2, 0.25) is 0 Å². The van der Waals surface area contributed by atoms with Crippen LogP contribution in [-0.2, 0) is 32.1 Å². The first kappa shape index (κ1) is 40.5. The van der Waals surface area contributed by atoms with E-state index in [1.807, 2.05) is 62.0 Å². The molecular weight excluding hydrogens is 857 g/mol. The van der Waals surface area contributed by atoms with Gasteiger partial charge in [-0.25, -0.2) is 19.9 Å². The number of aryl methyl sites for hydroxylation is 7. The molecule has 0 atom stereocenters. The largest absolute Gasteiger partial charge is 0.339 e. The van der Waals surface area contributed by atoms with Gasteiger partial charge in [0, 0.05) is 27.8 Å². The molecule has 0 saturated heterocycles. The smallest absolute Gasteiger partial charge is 0.260 e. The van der Waals surface area contributed by atoms with Crippen molar-refractivity contribution in [3.63, 3.8) is 0 Å². The van der Waals surface area contributed by atoms with E-state index in [2.05, 4.69) is 49.8 Å². The van der Waals surface area contributed by atoms with Gasteiger partial charge in [0.25, 0.3) is 16.7 Å². The van der Waals surface area contributed by atoms with Gasteiger partial charge in [-0.05, 0) is 125 Å². The number of fused-ring (bicyclic) bond motifs is 9. The van der Waals surface area contributed by atoms with Crippen LogP contribution in [0.4, 0.5) is 0 Å². The summed E-state index contributed by atoms with van der Waals surface area (Å²) in [6.45, 7) is 3.90. The Hall–Kier alpha value is -5.62. The quantitative estimate of drug-likeness (QED) is 0.124. The van der Waals surface area contributed by atoms with Crippen LogP contribution in [-0.4, -0.2) is 55.6 Å². The summed E-state index contributed by atoms with van der Waals surface area (Å²) in [7, 11) is 0. The van der Waals surface area contributed by atoms with Crippen LogP contribution in [0, 0.1) is 13.8 Å². The topological polar surface area (TPSA) is 192 Å². The second-order valence-corrected chi connectivity index (χ2v) is 20.1. The summed E-state index contributed by atoms with van der Waals surface area (Å²) < 4.78 is 1.25. The number of aromatic nitrogens is 10. The number of thiophene rings is 3. The maximum Gasteiger partial charge on any atom is 0.260 e. The van der Waals surface area contributed by atoms with Gasteiger partial charge in [-0.2, -0.15) is 0 Å². The van der Waals surface area contributed by atoms with Gasteiger partial charge in [-0.1, -0.05) is 18.6 Å². The molecule has 0 bridgehead atoms. The van der Waals surface area contributed by atoms with E-state index in [4.69, 9.17) is 0 Å². The second kappa shape index (κ2) is 17.3. The van der Waals surface area contributed by atoms with E-state index in [1.165, 1.54) is 62.8 Å². The summed E-state index contributed by atoms with van der Waals surface area (Å²) in [5.74, 6) is 3.39. The minimum absolute atomic E-state index is 0.0277. The molecule has 62 heavy (non-hydrogen) atoms. The van der Waals surface area contributed by atoms with Gasteiger partial charge >= 0.3 is 0 Å². The number of hydrogen-bond acceptors (Lipinski definition) is 13. The van der Waals surface area contributed by atoms with E-state index >= 15 is 0 Å². The molecule has 17 heteroatoms. The van der Waals surface area contributed by atoms with E-state index < -0.39 is 0 Å². The molecule has 1 aliphatic heterocycles. The van der Waals surface area contributed by atoms with Crippen molar-refractivity contribution < 1.29 is 0 Å². The Kier molecular flexibility index (Phi) is 11.3. The molecule has 13 nitrogen and oxygen atoms in total. The van der Waals surface area contributed by atoms with Crippen molar-refractivity contribution in [3.8, 4) is 34.7 Å². The predicted octanol–water partition coefficient (Wildman–Crippen LogP) is 9.27. The molecule has 0 spiro atoms. The second-order valence-electron chi connectivity index (χ2n) is 15.6. The molecule has 314 valence electrons. The summed E-state index contributed by atoms with van der Waals surface area (Å²) in [4.78, 5) is 81.2. The molecule has 12 rings (SSSR count). The molecule has 10 heterocycles. The highest BCUT2D eigenvalue weighted by Crippen LogP contribution is 2.40. The highest BCUT2D eigenvalue weighted by atomic mass is 32.2. The molecule has 4 N–H and O–H groups in total. The third-order valence-corrected chi connectivity index (χ3v) is 16.4. The highest BCUT2D eigenvalue weighted by Gasteiger charge is 2.23. The van der Waals surface area contributed by atoms with Crippen LogP contribution in [0.5, 0.6) is 0 Å². The van der Waals surface area contributed by atoms with E-state index in [9.17, 15) is 14.4 Å². The Bertz CT molecular complexity index is 3270. The van der Waals surface area contributed by atoms with Crippen molar-refractivity contribution in [1.29, 1.82) is 0 Å². The molecule has 0 unspecified atom stereocenters. The maximum absolute atomic E-state index is 12.5. The molecule has 9 aromatic heterocycles. The third-order valence-electron chi connectivity index (χ3n) is 11.5. The van der Waals surface area contributed by atoms with Gasteiger partial charge < -0.3 is 19.9 Å². The fourth-order valence-electron chi connectivity index (χ4n) is 8.33. The van der Waals surface area contributed by atoms with E-state index in [1.54, 1.807) is 46.4 Å². The summed E-state index contributed by atoms with van der Waals surface area (Å²) >= 11 is 6.80. The maximum atomic E-state index is 12.5. The van der Waals surface area contributed by atoms with Gasteiger partial charge in [0.15, 0.2) is 23.3 Å². The summed E-state index contributed by atoms with van der Waals surface area (Å²) in [6.07, 6.45) is 15.7. The monoisotopic (exact) mass is 898 g/mol. The molecular formula is C45H42N10O3S4. The highest BCUT2D eigenvalue weighted by molar-refractivity contribution is 8.01. The summed E-state index contributed by atoms with van der Waals surface area (Å²) in [6, 6.07) is 11.2. The Balaban J connectivity index is 0.000000111. The number of thioether (sulfide) groups is 1. The van der Waals surface area contributed by atoms with Gasteiger partial charge in [0.05, 0.1) is 26.1 Å². The van der Waals surface area contributed by atoms with Crippen molar-refractivity contribution in [2.75, 3.05) is 5.75 Å². The van der Waals surface area contributed by atoms with Crippen molar-refractivity contribution in [2.45, 2.75) is 88.7 Å². The number of imidazole rings is 1. The zero-order chi connectivity index (χ0) is 42.3. The number of H-pyrrole nitrogens is 4. The van der Waals surface area contributed by atoms with Crippen LogP contribution < -0.4 is 16.7 Å². The standard InChI is InChI=1S/C16H15N3OS.C15H13N3OS.C14H14N4OS2/c20-15-13-10-6-2-1-3-8-12(10)21-16(13)19-14(18-15)11-7-4-5-9-17-11;19-14-12-9-5-1-2-7-11(9)20-15(12)18-13(17-14)10-6-3-4-8-16-10;1-6-7(2)16-10(15-6)11-17-12(19)9-8-4-3-5-20-14(8)21-13(9)18-11/h4-5,7,9H,1-3,6,8H2,(H,18,19,20);3-4,6,8H,1-2,5,7H2,(H,17,18,19);3-5H2,1-2H3,(H,15,16)(H,17,18,19). The van der Waals surface area contributed by atoms with Crippen LogP contribution in [0.3, 0.4) is 0 Å². The fraction of sp³-hybridized carbons (Fsp3) is 0.311. The first-order valence-electron chi connectivity index (χ1n) is 20.9. The number of hydrogen-bond donors (Lipinski definition) is 4.